The van der Waals surface area contributed by atoms with E-state index in [9.17, 15) is 5.11 Å². The number of anilines is 2. The Hall–Kier alpha value is -2.63. The van der Waals surface area contributed by atoms with E-state index in [1.54, 1.807) is 0 Å². The van der Waals surface area contributed by atoms with Crippen LogP contribution in [0.25, 0.3) is 11.3 Å². The second-order valence-corrected chi connectivity index (χ2v) is 5.84. The summed E-state index contributed by atoms with van der Waals surface area (Å²) in [5.41, 5.74) is 9.49. The minimum Gasteiger partial charge on any atom is -0.503 e. The zero-order valence-electron chi connectivity index (χ0n) is 13.1. The first-order chi connectivity index (χ1) is 11.6. The lowest BCUT2D eigenvalue weighted by Crippen LogP contribution is -1.99. The normalized spacial score (nSPS) is 10.6. The van der Waals surface area contributed by atoms with Crippen LogP contribution in [-0.4, -0.2) is 15.1 Å². The lowest BCUT2D eigenvalue weighted by Gasteiger charge is -2.11. The van der Waals surface area contributed by atoms with Crippen LogP contribution in [0, 0.1) is 6.92 Å². The average molecular weight is 341 g/mol. The maximum atomic E-state index is 10.5. The molecule has 5 nitrogen and oxygen atoms in total. The number of aromatic nitrogens is 2. The van der Waals surface area contributed by atoms with Gasteiger partial charge in [-0.3, -0.25) is 0 Å². The van der Waals surface area contributed by atoms with Crippen LogP contribution in [0.3, 0.4) is 0 Å². The molecule has 0 aliphatic rings. The number of nitrogens with two attached hydrogens (primary N) is 1. The predicted octanol–water partition coefficient (Wildman–Crippen LogP) is 4.01. The standard InChI is InChI=1S/C18H17ClN4O/c1-11-2-7-14(15(19)8-11)16-17(24)18(22-10-21-16)23-13-5-3-12(9-20)4-6-13/h2-8,10,24H,9,20H2,1H3,(H,21,22,23). The topological polar surface area (TPSA) is 84.1 Å². The Labute approximate surface area is 145 Å². The lowest BCUT2D eigenvalue weighted by molar-refractivity contribution is 0.475. The van der Waals surface area contributed by atoms with Crippen LogP contribution >= 0.6 is 11.6 Å². The first kappa shape index (κ1) is 16.2. The zero-order valence-corrected chi connectivity index (χ0v) is 13.9. The van der Waals surface area contributed by atoms with Crippen LogP contribution in [0.2, 0.25) is 5.02 Å². The van der Waals surface area contributed by atoms with E-state index in [4.69, 9.17) is 17.3 Å². The number of aryl methyl sites for hydroxylation is 1. The van der Waals surface area contributed by atoms with E-state index in [-0.39, 0.29) is 5.75 Å². The highest BCUT2D eigenvalue weighted by Crippen LogP contribution is 2.37. The summed E-state index contributed by atoms with van der Waals surface area (Å²) >= 11 is 6.28. The van der Waals surface area contributed by atoms with Gasteiger partial charge >= 0.3 is 0 Å². The molecule has 0 bridgehead atoms. The van der Waals surface area contributed by atoms with Gasteiger partial charge < -0.3 is 16.2 Å². The van der Waals surface area contributed by atoms with Crippen molar-refractivity contribution in [3.8, 4) is 17.0 Å². The van der Waals surface area contributed by atoms with Crippen LogP contribution in [0.4, 0.5) is 11.5 Å². The molecular formula is C18H17ClN4O. The molecule has 0 aliphatic heterocycles. The Morgan fingerprint density at radius 3 is 2.54 bits per heavy atom. The summed E-state index contributed by atoms with van der Waals surface area (Å²) in [4.78, 5) is 8.28. The Balaban J connectivity index is 1.95. The highest BCUT2D eigenvalue weighted by Gasteiger charge is 2.15. The quantitative estimate of drug-likeness (QED) is 0.668. The van der Waals surface area contributed by atoms with Crippen molar-refractivity contribution in [3.05, 3.63) is 64.9 Å². The van der Waals surface area contributed by atoms with Gasteiger partial charge in [0.1, 0.15) is 12.0 Å². The molecule has 4 N–H and O–H groups in total. The third kappa shape index (κ3) is 3.32. The number of nitrogens with zero attached hydrogens (tertiary/aromatic N) is 2. The maximum Gasteiger partial charge on any atom is 0.185 e. The third-order valence-electron chi connectivity index (χ3n) is 3.65. The van der Waals surface area contributed by atoms with Gasteiger partial charge in [0.15, 0.2) is 11.6 Å². The molecule has 0 saturated heterocycles. The van der Waals surface area contributed by atoms with Gasteiger partial charge in [0.05, 0.1) is 5.02 Å². The molecule has 1 aromatic heterocycles. The van der Waals surface area contributed by atoms with Crippen molar-refractivity contribution >= 4 is 23.1 Å². The second kappa shape index (κ2) is 6.86. The Bertz CT molecular complexity index is 865. The number of benzene rings is 2. The smallest absolute Gasteiger partial charge is 0.185 e. The van der Waals surface area contributed by atoms with Crippen LogP contribution < -0.4 is 11.1 Å². The molecule has 1 heterocycles. The fourth-order valence-corrected chi connectivity index (χ4v) is 2.67. The summed E-state index contributed by atoms with van der Waals surface area (Å²) in [6.45, 7) is 2.43. The van der Waals surface area contributed by atoms with Gasteiger partial charge in [-0.25, -0.2) is 9.97 Å². The van der Waals surface area contributed by atoms with Crippen LogP contribution in [0.1, 0.15) is 11.1 Å². The van der Waals surface area contributed by atoms with Crippen molar-refractivity contribution in [1.29, 1.82) is 0 Å². The molecular weight excluding hydrogens is 324 g/mol. The molecule has 0 fully saturated rings. The molecule has 0 spiro atoms. The average Bonchev–Trinajstić information content (AvgIpc) is 2.58. The molecule has 24 heavy (non-hydrogen) atoms. The van der Waals surface area contributed by atoms with Crippen molar-refractivity contribution < 1.29 is 5.11 Å². The van der Waals surface area contributed by atoms with Crippen molar-refractivity contribution in [2.45, 2.75) is 13.5 Å². The summed E-state index contributed by atoms with van der Waals surface area (Å²) in [6.07, 6.45) is 1.39. The van der Waals surface area contributed by atoms with Gasteiger partial charge in [-0.1, -0.05) is 35.9 Å². The first-order valence-corrected chi connectivity index (χ1v) is 7.83. The van der Waals surface area contributed by atoms with Crippen molar-refractivity contribution in [2.75, 3.05) is 5.32 Å². The second-order valence-electron chi connectivity index (χ2n) is 5.43. The van der Waals surface area contributed by atoms with Crippen LogP contribution in [0.5, 0.6) is 5.75 Å². The lowest BCUT2D eigenvalue weighted by atomic mass is 10.1. The van der Waals surface area contributed by atoms with Crippen molar-refractivity contribution in [1.82, 2.24) is 9.97 Å². The molecule has 0 radical (unpaired) electrons. The van der Waals surface area contributed by atoms with E-state index >= 15 is 0 Å². The van der Waals surface area contributed by atoms with Gasteiger partial charge in [-0.2, -0.15) is 0 Å². The molecule has 122 valence electrons. The van der Waals surface area contributed by atoms with E-state index in [0.29, 0.717) is 28.6 Å². The fourth-order valence-electron chi connectivity index (χ4n) is 2.34. The summed E-state index contributed by atoms with van der Waals surface area (Å²) in [6, 6.07) is 13.2. The van der Waals surface area contributed by atoms with Gasteiger partial charge in [0.25, 0.3) is 0 Å². The number of nitrogens with one attached hydrogen (secondary N) is 1. The van der Waals surface area contributed by atoms with Crippen molar-refractivity contribution in [2.24, 2.45) is 5.73 Å². The summed E-state index contributed by atoms with van der Waals surface area (Å²) in [5, 5.41) is 14.1. The van der Waals surface area contributed by atoms with E-state index in [0.717, 1.165) is 16.8 Å². The Morgan fingerprint density at radius 1 is 1.12 bits per heavy atom. The molecule has 2 aromatic carbocycles. The first-order valence-electron chi connectivity index (χ1n) is 7.45. The highest BCUT2D eigenvalue weighted by molar-refractivity contribution is 6.33. The van der Waals surface area contributed by atoms with Gasteiger partial charge in [0, 0.05) is 17.8 Å². The summed E-state index contributed by atoms with van der Waals surface area (Å²) < 4.78 is 0. The Morgan fingerprint density at radius 2 is 1.88 bits per heavy atom. The van der Waals surface area contributed by atoms with Crippen LogP contribution in [-0.2, 0) is 6.54 Å². The van der Waals surface area contributed by atoms with Crippen LogP contribution in [0.15, 0.2) is 48.8 Å². The van der Waals surface area contributed by atoms with E-state index in [2.05, 4.69) is 15.3 Å². The molecule has 0 atom stereocenters. The minimum atomic E-state index is -0.0499. The van der Waals surface area contributed by atoms with Gasteiger partial charge in [-0.05, 0) is 36.2 Å². The van der Waals surface area contributed by atoms with E-state index in [1.807, 2.05) is 49.4 Å². The molecule has 0 unspecified atom stereocenters. The monoisotopic (exact) mass is 340 g/mol. The maximum absolute atomic E-state index is 10.5. The number of halogens is 1. The Kier molecular flexibility index (Phi) is 4.64. The SMILES string of the molecule is Cc1ccc(-c2ncnc(Nc3ccc(CN)cc3)c2O)c(Cl)c1. The molecule has 3 rings (SSSR count). The number of hydrogen-bond donors (Lipinski definition) is 3. The molecule has 6 heteroatoms. The van der Waals surface area contributed by atoms with Gasteiger partial charge in [-0.15, -0.1) is 0 Å². The summed E-state index contributed by atoms with van der Waals surface area (Å²) in [5.74, 6) is 0.267. The van der Waals surface area contributed by atoms with E-state index in [1.165, 1.54) is 6.33 Å². The summed E-state index contributed by atoms with van der Waals surface area (Å²) in [7, 11) is 0. The molecule has 3 aromatic rings. The number of hydrogen-bond acceptors (Lipinski definition) is 5. The number of aromatic hydroxyl groups is 1. The molecule has 0 saturated carbocycles. The predicted molar refractivity (Wildman–Crippen MR) is 96.5 cm³/mol. The largest absolute Gasteiger partial charge is 0.503 e. The highest BCUT2D eigenvalue weighted by atomic mass is 35.5. The third-order valence-corrected chi connectivity index (χ3v) is 3.97. The number of rotatable bonds is 4. The fraction of sp³-hybridized carbons (Fsp3) is 0.111. The zero-order chi connectivity index (χ0) is 17.1. The van der Waals surface area contributed by atoms with E-state index < -0.39 is 0 Å². The van der Waals surface area contributed by atoms with Crippen molar-refractivity contribution in [3.63, 3.8) is 0 Å². The molecule has 0 aliphatic carbocycles. The minimum absolute atomic E-state index is 0.0499. The van der Waals surface area contributed by atoms with Gasteiger partial charge in [0.2, 0.25) is 0 Å². The molecule has 0 amide bonds.